The third kappa shape index (κ3) is 4.41. The first-order chi connectivity index (χ1) is 9.91. The third-order valence-corrected chi connectivity index (χ3v) is 7.06. The van der Waals surface area contributed by atoms with Crippen LogP contribution < -0.4 is 10.9 Å². The van der Waals surface area contributed by atoms with Gasteiger partial charge in [-0.25, -0.2) is 0 Å². The van der Waals surface area contributed by atoms with E-state index in [0.717, 1.165) is 13.1 Å². The average Bonchev–Trinajstić information content (AvgIpc) is 2.46. The van der Waals surface area contributed by atoms with Gasteiger partial charge in [-0.1, -0.05) is 61.9 Å². The number of nitrogens with zero attached hydrogens (tertiary/aromatic N) is 1. The van der Waals surface area contributed by atoms with Crippen molar-refractivity contribution in [2.75, 3.05) is 13.6 Å². The average molecular weight is 305 g/mol. The fraction of sp³-hybridized carbons (Fsp3) is 0.667. The van der Waals surface area contributed by atoms with Gasteiger partial charge < -0.3 is 5.73 Å². The van der Waals surface area contributed by atoms with Gasteiger partial charge in [-0.2, -0.15) is 0 Å². The molecule has 2 nitrogen and oxygen atoms in total. The topological polar surface area (TPSA) is 29.3 Å². The minimum atomic E-state index is -1.18. The van der Waals surface area contributed by atoms with Crippen LogP contribution in [0.25, 0.3) is 0 Å². The van der Waals surface area contributed by atoms with Gasteiger partial charge in [0.05, 0.1) is 8.07 Å². The molecule has 2 unspecified atom stereocenters. The maximum absolute atomic E-state index is 5.97. The highest BCUT2D eigenvalue weighted by Gasteiger charge is 2.27. The minimum absolute atomic E-state index is 0.667. The quantitative estimate of drug-likeness (QED) is 0.847. The second-order valence-electron chi connectivity index (χ2n) is 7.71. The summed E-state index contributed by atoms with van der Waals surface area (Å²) in [6, 6.07) is 10.0. The van der Waals surface area contributed by atoms with Crippen molar-refractivity contribution in [3.8, 4) is 0 Å². The van der Waals surface area contributed by atoms with E-state index in [-0.39, 0.29) is 0 Å². The summed E-state index contributed by atoms with van der Waals surface area (Å²) in [5, 5.41) is 1.55. The zero-order valence-corrected chi connectivity index (χ0v) is 15.2. The van der Waals surface area contributed by atoms with Crippen LogP contribution in [0.3, 0.4) is 0 Å². The Morgan fingerprint density at radius 2 is 1.71 bits per heavy atom. The lowest BCUT2D eigenvalue weighted by Gasteiger charge is -2.37. The minimum Gasteiger partial charge on any atom is -0.330 e. The number of benzene rings is 1. The van der Waals surface area contributed by atoms with Crippen LogP contribution in [-0.2, 0) is 6.54 Å². The Hall–Kier alpha value is -0.643. The first-order valence-electron chi connectivity index (χ1n) is 8.41. The summed E-state index contributed by atoms with van der Waals surface area (Å²) in [6.45, 7) is 9.10. The first kappa shape index (κ1) is 16.7. The molecule has 1 aliphatic rings. The zero-order chi connectivity index (χ0) is 15.5. The van der Waals surface area contributed by atoms with E-state index < -0.39 is 8.07 Å². The van der Waals surface area contributed by atoms with E-state index in [2.05, 4.69) is 55.9 Å². The molecule has 118 valence electrons. The van der Waals surface area contributed by atoms with Crippen LogP contribution in [0, 0.1) is 5.92 Å². The summed E-state index contributed by atoms with van der Waals surface area (Å²) < 4.78 is 0. The van der Waals surface area contributed by atoms with E-state index in [0.29, 0.717) is 12.0 Å². The van der Waals surface area contributed by atoms with Gasteiger partial charge in [0, 0.05) is 12.6 Å². The summed E-state index contributed by atoms with van der Waals surface area (Å²) in [5.41, 5.74) is 7.40. The maximum Gasteiger partial charge on any atom is 0.0775 e. The molecule has 0 spiro atoms. The van der Waals surface area contributed by atoms with Gasteiger partial charge in [-0.3, -0.25) is 4.90 Å². The van der Waals surface area contributed by atoms with Gasteiger partial charge in [0.25, 0.3) is 0 Å². The molecule has 1 aliphatic carbocycles. The molecule has 1 saturated carbocycles. The lowest BCUT2D eigenvalue weighted by molar-refractivity contribution is 0.127. The van der Waals surface area contributed by atoms with Crippen molar-refractivity contribution < 1.29 is 0 Å². The highest BCUT2D eigenvalue weighted by Crippen LogP contribution is 2.27. The van der Waals surface area contributed by atoms with Crippen LogP contribution in [0.4, 0.5) is 0 Å². The van der Waals surface area contributed by atoms with Gasteiger partial charge in [0.15, 0.2) is 0 Å². The largest absolute Gasteiger partial charge is 0.330 e. The molecule has 0 aliphatic heterocycles. The number of hydrogen-bond acceptors (Lipinski definition) is 2. The second-order valence-corrected chi connectivity index (χ2v) is 12.8. The van der Waals surface area contributed by atoms with Crippen molar-refractivity contribution in [2.24, 2.45) is 11.7 Å². The van der Waals surface area contributed by atoms with Crippen molar-refractivity contribution in [1.29, 1.82) is 0 Å². The summed E-state index contributed by atoms with van der Waals surface area (Å²) in [5.74, 6) is 0.685. The SMILES string of the molecule is CN(Cc1ccc([Si](C)(C)C)cc1)C1CCCCC1CN. The Morgan fingerprint density at radius 1 is 1.10 bits per heavy atom. The molecule has 0 saturated heterocycles. The normalized spacial score (nSPS) is 23.5. The Kier molecular flexibility index (Phi) is 5.64. The van der Waals surface area contributed by atoms with Crippen molar-refractivity contribution in [1.82, 2.24) is 4.90 Å². The van der Waals surface area contributed by atoms with E-state index >= 15 is 0 Å². The summed E-state index contributed by atoms with van der Waals surface area (Å²) >= 11 is 0. The lowest BCUT2D eigenvalue weighted by Crippen LogP contribution is -2.42. The summed E-state index contributed by atoms with van der Waals surface area (Å²) in [7, 11) is 1.09. The second kappa shape index (κ2) is 7.08. The predicted octanol–water partition coefficient (Wildman–Crippen LogP) is 3.18. The van der Waals surface area contributed by atoms with E-state index in [1.54, 1.807) is 5.19 Å². The molecule has 2 atom stereocenters. The van der Waals surface area contributed by atoms with E-state index in [4.69, 9.17) is 5.73 Å². The molecule has 0 heterocycles. The molecule has 21 heavy (non-hydrogen) atoms. The Balaban J connectivity index is 2.00. The third-order valence-electron chi connectivity index (χ3n) is 4.99. The molecular weight excluding hydrogens is 272 g/mol. The highest BCUT2D eigenvalue weighted by molar-refractivity contribution is 6.88. The van der Waals surface area contributed by atoms with Crippen LogP contribution in [-0.4, -0.2) is 32.6 Å². The Morgan fingerprint density at radius 3 is 2.29 bits per heavy atom. The van der Waals surface area contributed by atoms with E-state index in [1.807, 2.05) is 0 Å². The standard InChI is InChI=1S/C18H32N2Si/c1-20(18-8-6-5-7-16(18)13-19)14-15-9-11-17(12-10-15)21(2,3)4/h9-12,16,18H,5-8,13-14,19H2,1-4H3. The molecule has 0 aromatic heterocycles. The van der Waals surface area contributed by atoms with E-state index in [9.17, 15) is 0 Å². The zero-order valence-electron chi connectivity index (χ0n) is 14.2. The number of nitrogens with two attached hydrogens (primary N) is 1. The highest BCUT2D eigenvalue weighted by atomic mass is 28.3. The molecular formula is C18H32N2Si. The van der Waals surface area contributed by atoms with Crippen LogP contribution in [0.2, 0.25) is 19.6 Å². The van der Waals surface area contributed by atoms with Gasteiger partial charge in [-0.05, 0) is 37.9 Å². The van der Waals surface area contributed by atoms with Crippen molar-refractivity contribution in [3.63, 3.8) is 0 Å². The molecule has 2 rings (SSSR count). The Bertz CT molecular complexity index is 436. The van der Waals surface area contributed by atoms with Gasteiger partial charge in [0.1, 0.15) is 0 Å². The van der Waals surface area contributed by atoms with Gasteiger partial charge in [-0.15, -0.1) is 0 Å². The van der Waals surface area contributed by atoms with Crippen LogP contribution in [0.15, 0.2) is 24.3 Å². The maximum atomic E-state index is 5.97. The van der Waals surface area contributed by atoms with Crippen molar-refractivity contribution in [3.05, 3.63) is 29.8 Å². The van der Waals surface area contributed by atoms with Crippen LogP contribution in [0.1, 0.15) is 31.2 Å². The fourth-order valence-corrected chi connectivity index (χ4v) is 4.73. The molecule has 1 aromatic rings. The molecule has 1 fully saturated rings. The molecule has 1 aromatic carbocycles. The molecule has 0 bridgehead atoms. The lowest BCUT2D eigenvalue weighted by atomic mass is 9.83. The predicted molar refractivity (Wildman–Crippen MR) is 95.7 cm³/mol. The number of hydrogen-bond donors (Lipinski definition) is 1. The monoisotopic (exact) mass is 304 g/mol. The van der Waals surface area contributed by atoms with Crippen molar-refractivity contribution in [2.45, 2.75) is 57.9 Å². The summed E-state index contributed by atoms with van der Waals surface area (Å²) in [6.07, 6.45) is 5.34. The van der Waals surface area contributed by atoms with Crippen molar-refractivity contribution >= 4 is 13.3 Å². The van der Waals surface area contributed by atoms with E-state index in [1.165, 1.54) is 31.2 Å². The van der Waals surface area contributed by atoms with Crippen LogP contribution in [0.5, 0.6) is 0 Å². The fourth-order valence-electron chi connectivity index (χ4n) is 3.56. The smallest absolute Gasteiger partial charge is 0.0775 e. The number of rotatable bonds is 5. The summed E-state index contributed by atoms with van der Waals surface area (Å²) in [4.78, 5) is 2.53. The Labute approximate surface area is 131 Å². The molecule has 0 radical (unpaired) electrons. The van der Waals surface area contributed by atoms with Gasteiger partial charge in [0.2, 0.25) is 0 Å². The molecule has 3 heteroatoms. The molecule has 0 amide bonds. The first-order valence-corrected chi connectivity index (χ1v) is 11.9. The van der Waals surface area contributed by atoms with Crippen LogP contribution >= 0.6 is 0 Å². The molecule has 2 N–H and O–H groups in total. The van der Waals surface area contributed by atoms with Gasteiger partial charge >= 0.3 is 0 Å².